The third-order valence-corrected chi connectivity index (χ3v) is 4.32. The number of nitrogen functional groups attached to an aromatic ring is 1. The van der Waals surface area contributed by atoms with Gasteiger partial charge in [0.2, 0.25) is 5.95 Å². The van der Waals surface area contributed by atoms with Crippen LogP contribution in [-0.2, 0) is 6.42 Å². The zero-order chi connectivity index (χ0) is 20.5. The van der Waals surface area contributed by atoms with Gasteiger partial charge in [-0.05, 0) is 30.2 Å². The fourth-order valence-electron chi connectivity index (χ4n) is 2.59. The summed E-state index contributed by atoms with van der Waals surface area (Å²) in [6.07, 6.45) is 2.07. The van der Waals surface area contributed by atoms with Gasteiger partial charge in [-0.3, -0.25) is 9.59 Å². The van der Waals surface area contributed by atoms with Gasteiger partial charge in [0.05, 0.1) is 0 Å². The second kappa shape index (κ2) is 7.26. The van der Waals surface area contributed by atoms with Crippen molar-refractivity contribution < 1.29 is 9.59 Å². The Morgan fingerprint density at radius 2 is 2.07 bits per heavy atom. The Balaban J connectivity index is 1.80. The third-order valence-electron chi connectivity index (χ3n) is 4.32. The smallest absolute Gasteiger partial charge is 0.283 e. The molecule has 0 bridgehead atoms. The average molecular weight is 381 g/mol. The number of rotatable bonds is 3. The molecule has 1 aliphatic rings. The molecule has 2 amide bonds. The van der Waals surface area contributed by atoms with Gasteiger partial charge in [-0.1, -0.05) is 20.8 Å². The topological polar surface area (TPSA) is 148 Å². The molecule has 1 aliphatic heterocycles. The predicted molar refractivity (Wildman–Crippen MR) is 108 cm³/mol. The van der Waals surface area contributed by atoms with Crippen LogP contribution < -0.4 is 22.1 Å². The molecular weight excluding hydrogens is 358 g/mol. The first kappa shape index (κ1) is 19.3. The lowest BCUT2D eigenvalue weighted by molar-refractivity contribution is 0.0945. The van der Waals surface area contributed by atoms with Crippen molar-refractivity contribution in [2.45, 2.75) is 27.2 Å². The number of anilines is 3. The highest BCUT2D eigenvalue weighted by molar-refractivity contribution is 6.06. The summed E-state index contributed by atoms with van der Waals surface area (Å²) < 4.78 is 0. The summed E-state index contributed by atoms with van der Waals surface area (Å²) in [7, 11) is 0. The van der Waals surface area contributed by atoms with E-state index in [1.807, 2.05) is 26.8 Å². The summed E-state index contributed by atoms with van der Waals surface area (Å²) >= 11 is 0. The lowest BCUT2D eigenvalue weighted by atomic mass is 9.95. The Kier molecular flexibility index (Phi) is 5.00. The quantitative estimate of drug-likeness (QED) is 0.466. The van der Waals surface area contributed by atoms with Gasteiger partial charge in [0.1, 0.15) is 17.2 Å². The molecule has 28 heavy (non-hydrogen) atoms. The van der Waals surface area contributed by atoms with Crippen molar-refractivity contribution in [1.82, 2.24) is 15.3 Å². The van der Waals surface area contributed by atoms with Crippen molar-refractivity contribution >= 4 is 35.1 Å². The van der Waals surface area contributed by atoms with E-state index in [0.29, 0.717) is 12.1 Å². The molecule has 0 saturated carbocycles. The fourth-order valence-corrected chi connectivity index (χ4v) is 2.59. The van der Waals surface area contributed by atoms with E-state index in [9.17, 15) is 9.59 Å². The molecule has 1 aromatic heterocycles. The maximum atomic E-state index is 12.3. The molecule has 3 rings (SSSR count). The van der Waals surface area contributed by atoms with Gasteiger partial charge < -0.3 is 22.1 Å². The van der Waals surface area contributed by atoms with Crippen LogP contribution in [0.5, 0.6) is 0 Å². The van der Waals surface area contributed by atoms with Crippen molar-refractivity contribution in [3.63, 3.8) is 0 Å². The van der Waals surface area contributed by atoms with Crippen LogP contribution in [0.1, 0.15) is 47.1 Å². The van der Waals surface area contributed by atoms with Gasteiger partial charge in [-0.2, -0.15) is 9.98 Å². The Hall–Kier alpha value is -3.49. The van der Waals surface area contributed by atoms with E-state index >= 15 is 0 Å². The molecule has 146 valence electrons. The van der Waals surface area contributed by atoms with Crippen LogP contribution in [0.2, 0.25) is 0 Å². The molecule has 0 atom stereocenters. The highest BCUT2D eigenvalue weighted by atomic mass is 16.2. The van der Waals surface area contributed by atoms with Crippen LogP contribution in [0, 0.1) is 5.41 Å². The number of carbonyl (C=O) groups excluding carboxylic acids is 2. The van der Waals surface area contributed by atoms with Crippen molar-refractivity contribution in [1.29, 1.82) is 0 Å². The van der Waals surface area contributed by atoms with E-state index in [4.69, 9.17) is 11.5 Å². The molecule has 0 spiro atoms. The zero-order valence-corrected chi connectivity index (χ0v) is 16.0. The summed E-state index contributed by atoms with van der Waals surface area (Å²) in [4.78, 5) is 36.3. The molecule has 6 N–H and O–H groups in total. The number of benzene rings is 1. The second-order valence-corrected chi connectivity index (χ2v) is 7.55. The van der Waals surface area contributed by atoms with E-state index < -0.39 is 11.3 Å². The molecule has 0 radical (unpaired) electrons. The molecule has 0 fully saturated rings. The number of amidine groups is 1. The van der Waals surface area contributed by atoms with Crippen LogP contribution in [0.3, 0.4) is 0 Å². The highest BCUT2D eigenvalue weighted by Crippen LogP contribution is 2.22. The summed E-state index contributed by atoms with van der Waals surface area (Å²) in [5.74, 6) is -0.216. The van der Waals surface area contributed by atoms with E-state index in [0.717, 1.165) is 17.7 Å². The maximum Gasteiger partial charge on any atom is 0.283 e. The predicted octanol–water partition coefficient (Wildman–Crippen LogP) is 1.63. The molecule has 9 nitrogen and oxygen atoms in total. The lowest BCUT2D eigenvalue weighted by Gasteiger charge is -2.17. The largest absolute Gasteiger partial charge is 0.387 e. The molecule has 2 aromatic rings. The number of hydrogen-bond donors (Lipinski definition) is 4. The highest BCUT2D eigenvalue weighted by Gasteiger charge is 2.20. The molecule has 9 heteroatoms. The maximum absolute atomic E-state index is 12.3. The van der Waals surface area contributed by atoms with E-state index in [1.54, 1.807) is 12.1 Å². The van der Waals surface area contributed by atoms with Gasteiger partial charge in [-0.25, -0.2) is 4.98 Å². The summed E-state index contributed by atoms with van der Waals surface area (Å²) in [6.45, 7) is 6.17. The Morgan fingerprint density at radius 3 is 2.75 bits per heavy atom. The minimum absolute atomic E-state index is 0.00490. The summed E-state index contributed by atoms with van der Waals surface area (Å²) in [6, 6.07) is 5.38. The number of carbonyl (C=O) groups is 2. The first-order valence-electron chi connectivity index (χ1n) is 8.85. The van der Waals surface area contributed by atoms with E-state index in [2.05, 4.69) is 25.6 Å². The molecule has 0 saturated heterocycles. The molecular formula is C19H23N7O2. The van der Waals surface area contributed by atoms with Gasteiger partial charge in [-0.15, -0.1) is 0 Å². The van der Waals surface area contributed by atoms with Gasteiger partial charge in [0, 0.05) is 29.4 Å². The fraction of sp³-hybridized carbons (Fsp3) is 0.316. The Bertz CT molecular complexity index is 977. The number of nitrogens with two attached hydrogens (primary N) is 2. The SMILES string of the molecule is CC(C)(C)C(N)=NC(=O)c1cnc(Nc2ccc3c(c2)CCNC3=O)nc1N. The first-order valence-corrected chi connectivity index (χ1v) is 8.85. The van der Waals surface area contributed by atoms with Crippen molar-refractivity contribution in [2.24, 2.45) is 16.1 Å². The Labute approximate surface area is 162 Å². The van der Waals surface area contributed by atoms with E-state index in [-0.39, 0.29) is 29.1 Å². The number of nitrogens with zero attached hydrogens (tertiary/aromatic N) is 3. The number of aliphatic imine (C=N–C) groups is 1. The van der Waals surface area contributed by atoms with E-state index in [1.165, 1.54) is 6.20 Å². The first-order chi connectivity index (χ1) is 13.1. The lowest BCUT2D eigenvalue weighted by Crippen LogP contribution is -2.31. The minimum Gasteiger partial charge on any atom is -0.387 e. The summed E-state index contributed by atoms with van der Waals surface area (Å²) in [5, 5.41) is 5.84. The monoisotopic (exact) mass is 381 g/mol. The molecule has 0 aliphatic carbocycles. The standard InChI is InChI=1S/C19H23N7O2/c1-19(2,3)17(21)26-16(28)13-9-23-18(25-14(13)20)24-11-4-5-12-10(8-11)6-7-22-15(12)27/h4-5,8-9H,6-7H2,1-3H3,(H,22,27)(H2,21,26,28)(H3,20,23,24,25). The number of hydrogen-bond acceptors (Lipinski definition) is 6. The number of fused-ring (bicyclic) bond motifs is 1. The average Bonchev–Trinajstić information content (AvgIpc) is 2.61. The number of aromatic nitrogens is 2. The van der Waals surface area contributed by atoms with Crippen molar-refractivity contribution in [3.8, 4) is 0 Å². The van der Waals surface area contributed by atoms with Gasteiger partial charge >= 0.3 is 0 Å². The normalized spacial score (nSPS) is 14.2. The zero-order valence-electron chi connectivity index (χ0n) is 16.0. The van der Waals surface area contributed by atoms with Crippen molar-refractivity contribution in [2.75, 3.05) is 17.6 Å². The van der Waals surface area contributed by atoms with Gasteiger partial charge in [0.15, 0.2) is 0 Å². The molecule has 2 heterocycles. The number of amides is 2. The second-order valence-electron chi connectivity index (χ2n) is 7.55. The van der Waals surface area contributed by atoms with Crippen LogP contribution >= 0.6 is 0 Å². The van der Waals surface area contributed by atoms with Crippen LogP contribution in [-0.4, -0.2) is 34.2 Å². The van der Waals surface area contributed by atoms with Crippen LogP contribution in [0.15, 0.2) is 29.4 Å². The summed E-state index contributed by atoms with van der Waals surface area (Å²) in [5.41, 5.74) is 13.7. The third kappa shape index (κ3) is 4.08. The van der Waals surface area contributed by atoms with Crippen LogP contribution in [0.4, 0.5) is 17.5 Å². The van der Waals surface area contributed by atoms with Crippen molar-refractivity contribution in [3.05, 3.63) is 41.1 Å². The molecule has 1 aromatic carbocycles. The molecule has 0 unspecified atom stereocenters. The van der Waals surface area contributed by atoms with Gasteiger partial charge in [0.25, 0.3) is 11.8 Å². The van der Waals surface area contributed by atoms with Crippen LogP contribution in [0.25, 0.3) is 0 Å². The minimum atomic E-state index is -0.587. The Morgan fingerprint density at radius 1 is 1.32 bits per heavy atom. The number of nitrogens with one attached hydrogen (secondary N) is 2.